The van der Waals surface area contributed by atoms with Crippen LogP contribution in [0.3, 0.4) is 0 Å². The molecule has 0 aliphatic rings. The maximum atomic E-state index is 12.7. The van der Waals surface area contributed by atoms with Gasteiger partial charge in [0.25, 0.3) is 0 Å². The molecule has 0 amide bonds. The van der Waals surface area contributed by atoms with Crippen LogP contribution in [0.15, 0.2) is 42.5 Å². The van der Waals surface area contributed by atoms with E-state index in [0.29, 0.717) is 17.7 Å². The average Bonchev–Trinajstić information content (AvgIpc) is 2.60. The fourth-order valence-electron chi connectivity index (χ4n) is 3.02. The first-order valence-corrected chi connectivity index (χ1v) is 9.37. The Bertz CT molecular complexity index is 864. The van der Waals surface area contributed by atoms with Crippen LogP contribution in [0, 0.1) is 11.8 Å². The summed E-state index contributed by atoms with van der Waals surface area (Å²) in [6.07, 6.45) is 0.538. The van der Waals surface area contributed by atoms with Crippen LogP contribution in [0.5, 0.6) is 11.5 Å². The van der Waals surface area contributed by atoms with Crippen molar-refractivity contribution < 1.29 is 24.5 Å². The number of ketones is 1. The van der Waals surface area contributed by atoms with Gasteiger partial charge in [0.15, 0.2) is 5.78 Å². The lowest BCUT2D eigenvalue weighted by Gasteiger charge is -2.23. The molecule has 2 N–H and O–H groups in total. The third-order valence-electron chi connectivity index (χ3n) is 4.68. The molecule has 0 aliphatic carbocycles. The number of hydrogen-bond donors (Lipinski definition) is 2. The highest BCUT2D eigenvalue weighted by Crippen LogP contribution is 2.29. The third kappa shape index (κ3) is 5.35. The van der Waals surface area contributed by atoms with E-state index in [1.807, 2.05) is 40.7 Å². The SMILES string of the molecule is CC(Cc1ccc(OC(C)(C)C)c(C(=O)O)c1)C(C)C(=O)c1ccccc1O. The summed E-state index contributed by atoms with van der Waals surface area (Å²) in [6, 6.07) is 11.6. The molecule has 0 saturated heterocycles. The van der Waals surface area contributed by atoms with Gasteiger partial charge in [0.1, 0.15) is 22.7 Å². The molecule has 2 aromatic rings. The van der Waals surface area contributed by atoms with Gasteiger partial charge < -0.3 is 14.9 Å². The Hall–Kier alpha value is -2.82. The molecule has 2 atom stereocenters. The summed E-state index contributed by atoms with van der Waals surface area (Å²) < 4.78 is 5.75. The second-order valence-electron chi connectivity index (χ2n) is 8.20. The quantitative estimate of drug-likeness (QED) is 0.659. The van der Waals surface area contributed by atoms with E-state index in [0.717, 1.165) is 5.56 Å². The van der Waals surface area contributed by atoms with Crippen LogP contribution in [0.4, 0.5) is 0 Å². The molecule has 0 radical (unpaired) electrons. The highest BCUT2D eigenvalue weighted by Gasteiger charge is 2.25. The second kappa shape index (κ2) is 8.46. The fraction of sp³-hybridized carbons (Fsp3) is 0.391. The molecular weight excluding hydrogens is 356 g/mol. The van der Waals surface area contributed by atoms with Gasteiger partial charge in [0, 0.05) is 5.92 Å². The molecule has 150 valence electrons. The Morgan fingerprint density at radius 2 is 1.68 bits per heavy atom. The molecule has 0 fully saturated rings. The number of rotatable bonds is 7. The van der Waals surface area contributed by atoms with Crippen molar-refractivity contribution in [3.8, 4) is 11.5 Å². The number of ether oxygens (including phenoxy) is 1. The summed E-state index contributed by atoms with van der Waals surface area (Å²) in [5.41, 5.74) is 0.738. The summed E-state index contributed by atoms with van der Waals surface area (Å²) in [4.78, 5) is 24.4. The topological polar surface area (TPSA) is 83.8 Å². The molecule has 0 bridgehead atoms. The zero-order valence-corrected chi connectivity index (χ0v) is 17.0. The van der Waals surface area contributed by atoms with Crippen molar-refractivity contribution in [3.05, 3.63) is 59.2 Å². The number of Topliss-reactive ketones (excluding diaryl/α,β-unsaturated/α-hetero) is 1. The largest absolute Gasteiger partial charge is 0.507 e. The lowest BCUT2D eigenvalue weighted by molar-refractivity contribution is 0.0680. The van der Waals surface area contributed by atoms with Gasteiger partial charge in [-0.15, -0.1) is 0 Å². The predicted octanol–water partition coefficient (Wildman–Crippen LogP) is 4.97. The molecule has 5 heteroatoms. The number of carbonyl (C=O) groups is 2. The first kappa shape index (κ1) is 21.5. The van der Waals surface area contributed by atoms with Crippen molar-refractivity contribution in [2.45, 2.75) is 46.6 Å². The van der Waals surface area contributed by atoms with Gasteiger partial charge in [0.05, 0.1) is 5.56 Å². The van der Waals surface area contributed by atoms with Crippen LogP contribution < -0.4 is 4.74 Å². The van der Waals surface area contributed by atoms with Gasteiger partial charge in [-0.05, 0) is 62.9 Å². The molecule has 28 heavy (non-hydrogen) atoms. The van der Waals surface area contributed by atoms with Gasteiger partial charge in [-0.3, -0.25) is 4.79 Å². The Labute approximate surface area is 166 Å². The summed E-state index contributed by atoms with van der Waals surface area (Å²) in [7, 11) is 0. The standard InChI is InChI=1S/C23H28O5/c1-14(15(2)21(25)17-8-6-7-9-19(17)24)12-16-10-11-20(28-23(3,4)5)18(13-16)22(26)27/h6-11,13-15,24H,12H2,1-5H3,(H,26,27). The van der Waals surface area contributed by atoms with Crippen LogP contribution >= 0.6 is 0 Å². The van der Waals surface area contributed by atoms with E-state index in [4.69, 9.17) is 4.74 Å². The number of para-hydroxylation sites is 1. The summed E-state index contributed by atoms with van der Waals surface area (Å²) >= 11 is 0. The normalized spacial score (nSPS) is 13.6. The van der Waals surface area contributed by atoms with Gasteiger partial charge in [-0.1, -0.05) is 32.0 Å². The average molecular weight is 384 g/mol. The van der Waals surface area contributed by atoms with Gasteiger partial charge >= 0.3 is 5.97 Å². The lowest BCUT2D eigenvalue weighted by atomic mass is 9.84. The minimum Gasteiger partial charge on any atom is -0.507 e. The van der Waals surface area contributed by atoms with Crippen LogP contribution in [0.1, 0.15) is 60.9 Å². The Morgan fingerprint density at radius 3 is 2.25 bits per heavy atom. The number of carboxylic acids is 1. The number of phenolic OH excluding ortho intramolecular Hbond substituents is 1. The van der Waals surface area contributed by atoms with E-state index in [1.54, 1.807) is 30.3 Å². The minimum atomic E-state index is -1.05. The molecule has 2 rings (SSSR count). The number of hydrogen-bond acceptors (Lipinski definition) is 4. The maximum absolute atomic E-state index is 12.7. The highest BCUT2D eigenvalue weighted by molar-refractivity contribution is 6.00. The van der Waals surface area contributed by atoms with Crippen molar-refractivity contribution in [3.63, 3.8) is 0 Å². The molecule has 0 heterocycles. The second-order valence-corrected chi connectivity index (χ2v) is 8.20. The molecular formula is C23H28O5. The number of benzene rings is 2. The zero-order chi connectivity index (χ0) is 21.1. The Morgan fingerprint density at radius 1 is 1.04 bits per heavy atom. The highest BCUT2D eigenvalue weighted by atomic mass is 16.5. The van der Waals surface area contributed by atoms with E-state index >= 15 is 0 Å². The number of aromatic carboxylic acids is 1. The summed E-state index contributed by atoms with van der Waals surface area (Å²) in [5.74, 6) is -1.24. The fourth-order valence-corrected chi connectivity index (χ4v) is 3.02. The number of aromatic hydroxyl groups is 1. The molecule has 5 nitrogen and oxygen atoms in total. The first-order chi connectivity index (χ1) is 13.0. The van der Waals surface area contributed by atoms with Crippen molar-refractivity contribution >= 4 is 11.8 Å². The smallest absolute Gasteiger partial charge is 0.339 e. The molecule has 2 unspecified atom stereocenters. The number of carbonyl (C=O) groups excluding carboxylic acids is 1. The summed E-state index contributed by atoms with van der Waals surface area (Å²) in [6.45, 7) is 9.36. The van der Waals surface area contributed by atoms with E-state index in [2.05, 4.69) is 0 Å². The molecule has 2 aromatic carbocycles. The van der Waals surface area contributed by atoms with Crippen LogP contribution in [-0.2, 0) is 6.42 Å². The maximum Gasteiger partial charge on any atom is 0.339 e. The van der Waals surface area contributed by atoms with Crippen LogP contribution in [0.2, 0.25) is 0 Å². The van der Waals surface area contributed by atoms with Crippen molar-refractivity contribution in [2.75, 3.05) is 0 Å². The van der Waals surface area contributed by atoms with Crippen LogP contribution in [-0.4, -0.2) is 27.6 Å². The lowest BCUT2D eigenvalue weighted by Crippen LogP contribution is -2.24. The predicted molar refractivity (Wildman–Crippen MR) is 108 cm³/mol. The van der Waals surface area contributed by atoms with E-state index in [9.17, 15) is 19.8 Å². The zero-order valence-electron chi connectivity index (χ0n) is 17.0. The number of phenols is 1. The Balaban J connectivity index is 2.20. The van der Waals surface area contributed by atoms with Gasteiger partial charge in [-0.2, -0.15) is 0 Å². The molecule has 0 spiro atoms. The van der Waals surface area contributed by atoms with E-state index in [1.165, 1.54) is 6.07 Å². The molecule has 0 aromatic heterocycles. The molecule has 0 saturated carbocycles. The van der Waals surface area contributed by atoms with Crippen molar-refractivity contribution in [1.29, 1.82) is 0 Å². The molecule has 0 aliphatic heterocycles. The third-order valence-corrected chi connectivity index (χ3v) is 4.68. The monoisotopic (exact) mass is 384 g/mol. The number of carboxylic acid groups (broad SMARTS) is 1. The van der Waals surface area contributed by atoms with Gasteiger partial charge in [0.2, 0.25) is 0 Å². The van der Waals surface area contributed by atoms with Crippen molar-refractivity contribution in [2.24, 2.45) is 11.8 Å². The first-order valence-electron chi connectivity index (χ1n) is 9.37. The Kier molecular flexibility index (Phi) is 6.49. The van der Waals surface area contributed by atoms with E-state index < -0.39 is 11.6 Å². The summed E-state index contributed by atoms with van der Waals surface area (Å²) in [5, 5.41) is 19.5. The van der Waals surface area contributed by atoms with E-state index in [-0.39, 0.29) is 28.9 Å². The van der Waals surface area contributed by atoms with Crippen LogP contribution in [0.25, 0.3) is 0 Å². The minimum absolute atomic E-state index is 0.0246. The van der Waals surface area contributed by atoms with Gasteiger partial charge in [-0.25, -0.2) is 4.79 Å². The van der Waals surface area contributed by atoms with Crippen molar-refractivity contribution in [1.82, 2.24) is 0 Å².